The Balaban J connectivity index is 4.01. The van der Waals surface area contributed by atoms with Gasteiger partial charge >= 0.3 is 0 Å². The summed E-state index contributed by atoms with van der Waals surface area (Å²) in [6.07, 6.45) is 3.36. The van der Waals surface area contributed by atoms with Crippen molar-refractivity contribution in [2.24, 2.45) is 5.92 Å². The lowest BCUT2D eigenvalue weighted by Crippen LogP contribution is -2.03. The Kier molecular flexibility index (Phi) is 4.96. The van der Waals surface area contributed by atoms with Crippen LogP contribution in [0.2, 0.25) is 0 Å². The standard InChI is InChI=1S/C12H21/c1-9(2)7-11(5)12(6)8-10(3)4/h8,11H,1,7H2,2-6H3. The van der Waals surface area contributed by atoms with E-state index in [-0.39, 0.29) is 0 Å². The van der Waals surface area contributed by atoms with Gasteiger partial charge in [-0.1, -0.05) is 31.1 Å². The lowest BCUT2D eigenvalue weighted by Gasteiger charge is -2.16. The maximum absolute atomic E-state index is 3.92. The number of hydrogen-bond donors (Lipinski definition) is 0. The van der Waals surface area contributed by atoms with Gasteiger partial charge in [0.1, 0.15) is 0 Å². The first kappa shape index (κ1) is 11.5. The van der Waals surface area contributed by atoms with Gasteiger partial charge in [0.05, 0.1) is 0 Å². The van der Waals surface area contributed by atoms with Crippen molar-refractivity contribution in [3.63, 3.8) is 0 Å². The summed E-state index contributed by atoms with van der Waals surface area (Å²) in [4.78, 5) is 0. The van der Waals surface area contributed by atoms with Crippen LogP contribution in [0.5, 0.6) is 0 Å². The molecule has 1 atom stereocenters. The van der Waals surface area contributed by atoms with E-state index in [4.69, 9.17) is 0 Å². The van der Waals surface area contributed by atoms with E-state index in [1.54, 1.807) is 0 Å². The van der Waals surface area contributed by atoms with Crippen molar-refractivity contribution < 1.29 is 0 Å². The number of rotatable bonds is 4. The molecule has 0 rings (SSSR count). The van der Waals surface area contributed by atoms with Gasteiger partial charge in [0.15, 0.2) is 0 Å². The molecule has 0 aliphatic carbocycles. The molecular formula is C12H21. The van der Waals surface area contributed by atoms with Crippen LogP contribution in [0, 0.1) is 11.8 Å². The first-order chi connectivity index (χ1) is 5.43. The van der Waals surface area contributed by atoms with Crippen LogP contribution in [-0.4, -0.2) is 0 Å². The molecule has 0 aliphatic heterocycles. The zero-order valence-electron chi connectivity index (χ0n) is 9.07. The van der Waals surface area contributed by atoms with Crippen LogP contribution in [0.4, 0.5) is 0 Å². The Morgan fingerprint density at radius 1 is 1.25 bits per heavy atom. The molecule has 0 aromatic carbocycles. The fourth-order valence-corrected chi connectivity index (χ4v) is 1.28. The van der Waals surface area contributed by atoms with Gasteiger partial charge in [-0.2, -0.15) is 0 Å². The molecule has 0 aromatic rings. The topological polar surface area (TPSA) is 0 Å². The molecule has 0 N–H and O–H groups in total. The predicted octanol–water partition coefficient (Wildman–Crippen LogP) is 4.15. The highest BCUT2D eigenvalue weighted by Crippen LogP contribution is 2.22. The molecule has 0 spiro atoms. The van der Waals surface area contributed by atoms with Crippen molar-refractivity contribution >= 4 is 0 Å². The van der Waals surface area contributed by atoms with Crippen LogP contribution >= 0.6 is 0 Å². The largest absolute Gasteiger partial charge is 0.100 e. The van der Waals surface area contributed by atoms with Crippen LogP contribution in [0.25, 0.3) is 0 Å². The smallest absolute Gasteiger partial charge is 0.00244 e. The summed E-state index contributed by atoms with van der Waals surface area (Å²) >= 11 is 0. The van der Waals surface area contributed by atoms with Gasteiger partial charge in [0, 0.05) is 0 Å². The fourth-order valence-electron chi connectivity index (χ4n) is 1.28. The summed E-state index contributed by atoms with van der Waals surface area (Å²) in [6, 6.07) is 0. The quantitative estimate of drug-likeness (QED) is 0.549. The van der Waals surface area contributed by atoms with Gasteiger partial charge in [-0.25, -0.2) is 0 Å². The van der Waals surface area contributed by atoms with E-state index in [0.717, 1.165) is 6.42 Å². The van der Waals surface area contributed by atoms with Crippen molar-refractivity contribution in [1.82, 2.24) is 0 Å². The van der Waals surface area contributed by atoms with E-state index in [9.17, 15) is 0 Å². The molecule has 0 heterocycles. The third kappa shape index (κ3) is 5.17. The molecule has 0 saturated carbocycles. The van der Waals surface area contributed by atoms with E-state index in [2.05, 4.69) is 47.3 Å². The maximum atomic E-state index is 3.92. The second kappa shape index (κ2) is 5.18. The minimum absolute atomic E-state index is 0.636. The summed E-state index contributed by atoms with van der Waals surface area (Å²) in [5, 5.41) is 0. The summed E-state index contributed by atoms with van der Waals surface area (Å²) in [6.45, 7) is 14.7. The zero-order chi connectivity index (χ0) is 9.72. The minimum Gasteiger partial charge on any atom is -0.100 e. The lowest BCUT2D eigenvalue weighted by molar-refractivity contribution is 0.619. The highest BCUT2D eigenvalue weighted by molar-refractivity contribution is 5.15. The summed E-state index contributed by atoms with van der Waals surface area (Å²) in [5.41, 5.74) is 2.64. The van der Waals surface area contributed by atoms with Gasteiger partial charge < -0.3 is 0 Å². The van der Waals surface area contributed by atoms with Crippen molar-refractivity contribution in [3.8, 4) is 0 Å². The maximum Gasteiger partial charge on any atom is -0.00244 e. The Morgan fingerprint density at radius 3 is 2.08 bits per heavy atom. The van der Waals surface area contributed by atoms with Gasteiger partial charge in [-0.05, 0) is 39.0 Å². The highest BCUT2D eigenvalue weighted by atomic mass is 14.1. The molecule has 0 saturated heterocycles. The summed E-state index contributed by atoms with van der Waals surface area (Å²) in [7, 11) is 0. The van der Waals surface area contributed by atoms with Crippen molar-refractivity contribution in [2.45, 2.75) is 41.0 Å². The summed E-state index contributed by atoms with van der Waals surface area (Å²) < 4.78 is 0. The number of hydrogen-bond acceptors (Lipinski definition) is 0. The lowest BCUT2D eigenvalue weighted by atomic mass is 9.89. The van der Waals surface area contributed by atoms with Crippen LogP contribution in [0.15, 0.2) is 23.8 Å². The molecular weight excluding hydrogens is 144 g/mol. The second-order valence-corrected chi connectivity index (χ2v) is 4.03. The van der Waals surface area contributed by atoms with E-state index in [1.807, 2.05) is 0 Å². The molecule has 1 unspecified atom stereocenters. The zero-order valence-corrected chi connectivity index (χ0v) is 9.07. The third-order valence-electron chi connectivity index (χ3n) is 1.95. The average Bonchev–Trinajstić information content (AvgIpc) is 1.84. The Hall–Kier alpha value is -0.520. The van der Waals surface area contributed by atoms with Gasteiger partial charge in [-0.15, -0.1) is 6.58 Å². The van der Waals surface area contributed by atoms with E-state index >= 15 is 0 Å². The Morgan fingerprint density at radius 2 is 1.75 bits per heavy atom. The first-order valence-corrected chi connectivity index (χ1v) is 4.56. The van der Waals surface area contributed by atoms with Crippen LogP contribution < -0.4 is 0 Å². The molecule has 0 heteroatoms. The molecule has 0 fully saturated rings. The highest BCUT2D eigenvalue weighted by Gasteiger charge is 2.09. The summed E-state index contributed by atoms with van der Waals surface area (Å²) in [5.74, 6) is 2.09. The Labute approximate surface area is 77.4 Å². The molecule has 0 amide bonds. The average molecular weight is 165 g/mol. The molecule has 1 radical (unpaired) electrons. The van der Waals surface area contributed by atoms with E-state index in [0.29, 0.717) is 5.92 Å². The van der Waals surface area contributed by atoms with Crippen molar-refractivity contribution in [2.75, 3.05) is 0 Å². The van der Waals surface area contributed by atoms with Crippen molar-refractivity contribution in [3.05, 3.63) is 29.7 Å². The van der Waals surface area contributed by atoms with E-state index in [1.165, 1.54) is 17.1 Å². The third-order valence-corrected chi connectivity index (χ3v) is 1.95. The van der Waals surface area contributed by atoms with Gasteiger partial charge in [0.25, 0.3) is 0 Å². The SMILES string of the molecule is C=C(C)CC(C)[C](C)C=C(C)C. The van der Waals surface area contributed by atoms with Gasteiger partial charge in [-0.3, -0.25) is 0 Å². The first-order valence-electron chi connectivity index (χ1n) is 4.56. The number of allylic oxidation sites excluding steroid dienone is 3. The van der Waals surface area contributed by atoms with Crippen LogP contribution in [0.3, 0.4) is 0 Å². The minimum atomic E-state index is 0.636. The van der Waals surface area contributed by atoms with Crippen LogP contribution in [-0.2, 0) is 0 Å². The fraction of sp³-hybridized carbons (Fsp3) is 0.583. The van der Waals surface area contributed by atoms with Gasteiger partial charge in [0.2, 0.25) is 0 Å². The second-order valence-electron chi connectivity index (χ2n) is 4.03. The predicted molar refractivity (Wildman–Crippen MR) is 56.9 cm³/mol. The van der Waals surface area contributed by atoms with E-state index < -0.39 is 0 Å². The normalized spacial score (nSPS) is 12.8. The molecule has 0 nitrogen and oxygen atoms in total. The molecule has 12 heavy (non-hydrogen) atoms. The molecule has 0 aliphatic rings. The Bertz CT molecular complexity index is 170. The molecule has 0 aromatic heterocycles. The van der Waals surface area contributed by atoms with Crippen molar-refractivity contribution in [1.29, 1.82) is 0 Å². The molecule has 69 valence electrons. The monoisotopic (exact) mass is 165 g/mol. The molecule has 0 bridgehead atoms. The van der Waals surface area contributed by atoms with Crippen LogP contribution in [0.1, 0.15) is 41.0 Å².